The second kappa shape index (κ2) is 4.93. The fourth-order valence-corrected chi connectivity index (χ4v) is 1.13. The van der Waals surface area contributed by atoms with Crippen molar-refractivity contribution in [2.45, 2.75) is 26.4 Å². The highest BCUT2D eigenvalue weighted by atomic mass is 16.5. The minimum atomic E-state index is -0.406. The number of aliphatic hydroxyl groups is 1. The zero-order valence-corrected chi connectivity index (χ0v) is 9.23. The third-order valence-electron chi connectivity index (χ3n) is 2.07. The van der Waals surface area contributed by atoms with E-state index in [1.54, 1.807) is 27.0 Å². The molecule has 1 rings (SSSR count). The lowest BCUT2D eigenvalue weighted by atomic mass is 10.2. The van der Waals surface area contributed by atoms with Gasteiger partial charge in [0.2, 0.25) is 5.76 Å². The number of carbonyl (C=O) groups is 1. The molecule has 0 aromatic carbocycles. The molecule has 5 nitrogen and oxygen atoms in total. The van der Waals surface area contributed by atoms with Crippen molar-refractivity contribution in [1.29, 1.82) is 0 Å². The number of carbonyl (C=O) groups excluding carboxylic acids is 1. The molecule has 0 radical (unpaired) electrons. The molecule has 0 spiro atoms. The molecule has 0 bridgehead atoms. The van der Waals surface area contributed by atoms with Gasteiger partial charge >= 0.3 is 0 Å². The second-order valence-electron chi connectivity index (χ2n) is 3.70. The number of aromatic nitrogens is 1. The van der Waals surface area contributed by atoms with E-state index >= 15 is 0 Å². The van der Waals surface area contributed by atoms with E-state index in [0.29, 0.717) is 18.7 Å². The molecule has 15 heavy (non-hydrogen) atoms. The van der Waals surface area contributed by atoms with Crippen molar-refractivity contribution in [1.82, 2.24) is 10.1 Å². The van der Waals surface area contributed by atoms with E-state index in [-0.39, 0.29) is 11.7 Å². The molecule has 84 valence electrons. The summed E-state index contributed by atoms with van der Waals surface area (Å²) >= 11 is 0. The van der Waals surface area contributed by atoms with E-state index < -0.39 is 6.10 Å². The lowest BCUT2D eigenvalue weighted by Gasteiger charge is -2.15. The van der Waals surface area contributed by atoms with Crippen LogP contribution in [0.2, 0.25) is 0 Å². The summed E-state index contributed by atoms with van der Waals surface area (Å²) < 4.78 is 4.85. The van der Waals surface area contributed by atoms with Crippen LogP contribution in [0.25, 0.3) is 0 Å². The van der Waals surface area contributed by atoms with Crippen LogP contribution in [0.3, 0.4) is 0 Å². The topological polar surface area (TPSA) is 66.6 Å². The van der Waals surface area contributed by atoms with E-state index in [1.807, 2.05) is 0 Å². The predicted octanol–water partition coefficient (Wildman–Crippen LogP) is 0.826. The van der Waals surface area contributed by atoms with Gasteiger partial charge in [-0.1, -0.05) is 5.16 Å². The molecule has 0 aliphatic heterocycles. The first-order chi connectivity index (χ1) is 7.00. The Kier molecular flexibility index (Phi) is 3.85. The average Bonchev–Trinajstić information content (AvgIpc) is 2.60. The summed E-state index contributed by atoms with van der Waals surface area (Å²) in [6.45, 7) is 3.95. The molecule has 1 unspecified atom stereocenters. The molecule has 0 saturated heterocycles. The molecule has 1 aromatic rings. The van der Waals surface area contributed by atoms with Gasteiger partial charge in [0, 0.05) is 19.7 Å². The Morgan fingerprint density at radius 3 is 2.87 bits per heavy atom. The summed E-state index contributed by atoms with van der Waals surface area (Å²) in [5.74, 6) is 0.0249. The highest BCUT2D eigenvalue weighted by molar-refractivity contribution is 5.91. The molecule has 1 amide bonds. The van der Waals surface area contributed by atoms with Crippen LogP contribution in [0.1, 0.15) is 29.6 Å². The number of amides is 1. The SMILES string of the molecule is Cc1cc(C(=O)N(C)CCC(C)O)on1. The van der Waals surface area contributed by atoms with Crippen LogP contribution in [0, 0.1) is 6.92 Å². The minimum absolute atomic E-state index is 0.212. The van der Waals surface area contributed by atoms with Gasteiger partial charge in [0.1, 0.15) is 0 Å². The minimum Gasteiger partial charge on any atom is -0.393 e. The third kappa shape index (κ3) is 3.36. The molecule has 1 heterocycles. The molecule has 1 N–H and O–H groups in total. The molecule has 1 aromatic heterocycles. The van der Waals surface area contributed by atoms with Gasteiger partial charge in [-0.2, -0.15) is 0 Å². The third-order valence-corrected chi connectivity index (χ3v) is 2.07. The Balaban J connectivity index is 2.53. The maximum atomic E-state index is 11.7. The highest BCUT2D eigenvalue weighted by Gasteiger charge is 2.16. The van der Waals surface area contributed by atoms with Crippen LogP contribution in [-0.2, 0) is 0 Å². The summed E-state index contributed by atoms with van der Waals surface area (Å²) in [6.07, 6.45) is 0.145. The molecular formula is C10H16N2O3. The molecule has 0 fully saturated rings. The summed E-state index contributed by atoms with van der Waals surface area (Å²) in [5.41, 5.74) is 0.683. The van der Waals surface area contributed by atoms with Crippen molar-refractivity contribution in [2.24, 2.45) is 0 Å². The molecular weight excluding hydrogens is 196 g/mol. The Labute approximate surface area is 88.7 Å². The van der Waals surface area contributed by atoms with E-state index in [9.17, 15) is 4.79 Å². The molecule has 0 aliphatic carbocycles. The number of nitrogens with zero attached hydrogens (tertiary/aromatic N) is 2. The van der Waals surface area contributed by atoms with E-state index in [1.165, 1.54) is 4.90 Å². The van der Waals surface area contributed by atoms with Crippen LogP contribution >= 0.6 is 0 Å². The van der Waals surface area contributed by atoms with Gasteiger partial charge in [0.05, 0.1) is 11.8 Å². The number of aryl methyl sites for hydroxylation is 1. The van der Waals surface area contributed by atoms with Crippen molar-refractivity contribution in [2.75, 3.05) is 13.6 Å². The van der Waals surface area contributed by atoms with E-state index in [4.69, 9.17) is 9.63 Å². The summed E-state index contributed by atoms with van der Waals surface area (Å²) in [5, 5.41) is 12.7. The van der Waals surface area contributed by atoms with Gasteiger partial charge in [-0.05, 0) is 20.3 Å². The van der Waals surface area contributed by atoms with Crippen LogP contribution < -0.4 is 0 Å². The normalized spacial score (nSPS) is 12.5. The van der Waals surface area contributed by atoms with Crippen LogP contribution in [0.4, 0.5) is 0 Å². The Morgan fingerprint density at radius 2 is 2.40 bits per heavy atom. The van der Waals surface area contributed by atoms with Crippen molar-refractivity contribution >= 4 is 5.91 Å². The Morgan fingerprint density at radius 1 is 1.73 bits per heavy atom. The fourth-order valence-electron chi connectivity index (χ4n) is 1.13. The predicted molar refractivity (Wildman–Crippen MR) is 54.5 cm³/mol. The van der Waals surface area contributed by atoms with Crippen molar-refractivity contribution in [3.05, 3.63) is 17.5 Å². The summed E-state index contributed by atoms with van der Waals surface area (Å²) in [7, 11) is 1.67. The summed E-state index contributed by atoms with van der Waals surface area (Å²) in [4.78, 5) is 13.2. The smallest absolute Gasteiger partial charge is 0.292 e. The highest BCUT2D eigenvalue weighted by Crippen LogP contribution is 2.06. The van der Waals surface area contributed by atoms with E-state index in [0.717, 1.165) is 0 Å². The number of hydrogen-bond donors (Lipinski definition) is 1. The zero-order chi connectivity index (χ0) is 11.4. The van der Waals surface area contributed by atoms with Crippen LogP contribution in [0.5, 0.6) is 0 Å². The van der Waals surface area contributed by atoms with Gasteiger partial charge in [0.15, 0.2) is 0 Å². The van der Waals surface area contributed by atoms with Crippen molar-refractivity contribution in [3.63, 3.8) is 0 Å². The lowest BCUT2D eigenvalue weighted by Crippen LogP contribution is -2.29. The average molecular weight is 212 g/mol. The quantitative estimate of drug-likeness (QED) is 0.802. The first-order valence-corrected chi connectivity index (χ1v) is 4.87. The first-order valence-electron chi connectivity index (χ1n) is 4.87. The van der Waals surface area contributed by atoms with Gasteiger partial charge in [-0.15, -0.1) is 0 Å². The number of aliphatic hydroxyl groups excluding tert-OH is 1. The lowest BCUT2D eigenvalue weighted by molar-refractivity contribution is 0.0728. The maximum absolute atomic E-state index is 11.7. The van der Waals surface area contributed by atoms with Gasteiger partial charge in [-0.3, -0.25) is 4.79 Å². The number of rotatable bonds is 4. The van der Waals surface area contributed by atoms with Crippen LogP contribution in [0.15, 0.2) is 10.6 Å². The Bertz CT molecular complexity index is 333. The molecule has 0 aliphatic rings. The maximum Gasteiger partial charge on any atom is 0.292 e. The standard InChI is InChI=1S/C10H16N2O3/c1-7-6-9(15-11-7)10(14)12(3)5-4-8(2)13/h6,8,13H,4-5H2,1-3H3. The second-order valence-corrected chi connectivity index (χ2v) is 3.70. The largest absolute Gasteiger partial charge is 0.393 e. The molecule has 5 heteroatoms. The summed E-state index contributed by atoms with van der Waals surface area (Å²) in [6, 6.07) is 1.60. The zero-order valence-electron chi connectivity index (χ0n) is 9.23. The van der Waals surface area contributed by atoms with E-state index in [2.05, 4.69) is 5.16 Å². The molecule has 0 saturated carbocycles. The molecule has 1 atom stereocenters. The van der Waals surface area contributed by atoms with Gasteiger partial charge in [0.25, 0.3) is 5.91 Å². The Hall–Kier alpha value is -1.36. The van der Waals surface area contributed by atoms with Gasteiger partial charge < -0.3 is 14.5 Å². The fraction of sp³-hybridized carbons (Fsp3) is 0.600. The van der Waals surface area contributed by atoms with Gasteiger partial charge in [-0.25, -0.2) is 0 Å². The van der Waals surface area contributed by atoms with Crippen LogP contribution in [-0.4, -0.2) is 40.8 Å². The van der Waals surface area contributed by atoms with Crippen molar-refractivity contribution in [3.8, 4) is 0 Å². The first kappa shape index (κ1) is 11.7. The monoisotopic (exact) mass is 212 g/mol. The number of hydrogen-bond acceptors (Lipinski definition) is 4. The van der Waals surface area contributed by atoms with Crippen molar-refractivity contribution < 1.29 is 14.4 Å².